The molecule has 0 saturated heterocycles. The van der Waals surface area contributed by atoms with Crippen molar-refractivity contribution in [3.63, 3.8) is 0 Å². The third-order valence-corrected chi connectivity index (χ3v) is 1.56. The van der Waals surface area contributed by atoms with Gasteiger partial charge in [0.2, 0.25) is 11.8 Å². The van der Waals surface area contributed by atoms with Gasteiger partial charge >= 0.3 is 6.18 Å². The van der Waals surface area contributed by atoms with Gasteiger partial charge in [-0.15, -0.1) is 0 Å². The summed E-state index contributed by atoms with van der Waals surface area (Å²) in [6, 6.07) is 0. The van der Waals surface area contributed by atoms with E-state index < -0.39 is 12.8 Å². The summed E-state index contributed by atoms with van der Waals surface area (Å²) in [5.74, 6) is 0.0707. The first-order chi connectivity index (χ1) is 6.94. The Bertz CT molecular complexity index is 341. The fraction of sp³-hybridized carbons (Fsp3) is 0.500. The van der Waals surface area contributed by atoms with Crippen molar-refractivity contribution in [1.29, 1.82) is 0 Å². The van der Waals surface area contributed by atoms with Gasteiger partial charge in [0.05, 0.1) is 12.7 Å². The van der Waals surface area contributed by atoms with Crippen LogP contribution >= 0.6 is 0 Å². The summed E-state index contributed by atoms with van der Waals surface area (Å²) in [5.41, 5.74) is 0.337. The maximum Gasteiger partial charge on any atom is 0.422 e. The van der Waals surface area contributed by atoms with Crippen molar-refractivity contribution < 1.29 is 22.6 Å². The molecule has 0 fully saturated rings. The van der Waals surface area contributed by atoms with Gasteiger partial charge in [-0.05, 0) is 6.92 Å². The van der Waals surface area contributed by atoms with Crippen molar-refractivity contribution >= 4 is 0 Å². The number of rotatable bonds is 3. The molecule has 4 nitrogen and oxygen atoms in total. The highest BCUT2D eigenvalue weighted by Gasteiger charge is 2.29. The molecule has 84 valence electrons. The van der Waals surface area contributed by atoms with Crippen molar-refractivity contribution in [3.8, 4) is 11.8 Å². The molecule has 1 aromatic rings. The highest BCUT2D eigenvalue weighted by atomic mass is 19.4. The van der Waals surface area contributed by atoms with E-state index in [1.54, 1.807) is 0 Å². The molecule has 1 rings (SSSR count). The van der Waals surface area contributed by atoms with Crippen LogP contribution in [0.15, 0.2) is 6.33 Å². The van der Waals surface area contributed by atoms with Crippen LogP contribution in [0.5, 0.6) is 11.8 Å². The molecule has 7 heteroatoms. The van der Waals surface area contributed by atoms with E-state index in [0.717, 1.165) is 6.33 Å². The lowest BCUT2D eigenvalue weighted by atomic mass is 10.3. The van der Waals surface area contributed by atoms with Crippen molar-refractivity contribution in [3.05, 3.63) is 11.9 Å². The fourth-order valence-electron chi connectivity index (χ4n) is 0.920. The van der Waals surface area contributed by atoms with Crippen LogP contribution in [0.4, 0.5) is 13.2 Å². The monoisotopic (exact) mass is 222 g/mol. The molecule has 0 aliphatic rings. The molecule has 15 heavy (non-hydrogen) atoms. The zero-order valence-corrected chi connectivity index (χ0v) is 8.13. The maximum absolute atomic E-state index is 11.9. The van der Waals surface area contributed by atoms with Gasteiger partial charge < -0.3 is 9.47 Å². The minimum Gasteiger partial charge on any atom is -0.481 e. The second-order valence-electron chi connectivity index (χ2n) is 2.72. The Labute approximate surface area is 84.1 Å². The zero-order valence-electron chi connectivity index (χ0n) is 8.13. The molecule has 0 spiro atoms. The van der Waals surface area contributed by atoms with Crippen LogP contribution in [0.2, 0.25) is 0 Å². The summed E-state index contributed by atoms with van der Waals surface area (Å²) < 4.78 is 44.9. The predicted octanol–water partition coefficient (Wildman–Crippen LogP) is 1.73. The molecule has 0 radical (unpaired) electrons. The summed E-state index contributed by atoms with van der Waals surface area (Å²) in [6.45, 7) is 0.137. The number of halogens is 3. The molecule has 1 heterocycles. The number of aromatic nitrogens is 2. The molecular weight excluding hydrogens is 213 g/mol. The lowest BCUT2D eigenvalue weighted by molar-refractivity contribution is -0.154. The molecule has 0 saturated carbocycles. The standard InChI is InChI=1S/C8H9F3N2O2/c1-5-6(14-2)12-4-13-7(5)15-3-8(9,10)11/h4H,3H2,1-2H3. The summed E-state index contributed by atoms with van der Waals surface area (Å²) in [7, 11) is 1.36. The van der Waals surface area contributed by atoms with Crippen LogP contribution < -0.4 is 9.47 Å². The largest absolute Gasteiger partial charge is 0.481 e. The van der Waals surface area contributed by atoms with E-state index in [0.29, 0.717) is 5.56 Å². The van der Waals surface area contributed by atoms with Gasteiger partial charge in [-0.25, -0.2) is 9.97 Å². The van der Waals surface area contributed by atoms with Crippen LogP contribution in [-0.4, -0.2) is 29.9 Å². The number of hydrogen-bond acceptors (Lipinski definition) is 4. The average Bonchev–Trinajstić information content (AvgIpc) is 2.15. The summed E-state index contributed by atoms with van der Waals surface area (Å²) in [5, 5.41) is 0. The van der Waals surface area contributed by atoms with Gasteiger partial charge in [0.25, 0.3) is 0 Å². The Hall–Kier alpha value is -1.53. The predicted molar refractivity (Wildman–Crippen MR) is 44.9 cm³/mol. The first-order valence-electron chi connectivity index (χ1n) is 3.99. The quantitative estimate of drug-likeness (QED) is 0.781. The molecule has 0 aromatic carbocycles. The van der Waals surface area contributed by atoms with Gasteiger partial charge in [-0.3, -0.25) is 0 Å². The van der Waals surface area contributed by atoms with Crippen LogP contribution in [0.25, 0.3) is 0 Å². The van der Waals surface area contributed by atoms with E-state index >= 15 is 0 Å². The minimum absolute atomic E-state index is 0.126. The fourth-order valence-corrected chi connectivity index (χ4v) is 0.920. The Balaban J connectivity index is 2.78. The molecule has 0 atom stereocenters. The van der Waals surface area contributed by atoms with Crippen LogP contribution in [0.1, 0.15) is 5.56 Å². The highest BCUT2D eigenvalue weighted by molar-refractivity contribution is 5.32. The van der Waals surface area contributed by atoms with Crippen molar-refractivity contribution in [2.75, 3.05) is 13.7 Å². The van der Waals surface area contributed by atoms with Crippen LogP contribution in [0.3, 0.4) is 0 Å². The van der Waals surface area contributed by atoms with E-state index in [9.17, 15) is 13.2 Å². The van der Waals surface area contributed by atoms with Crippen molar-refractivity contribution in [2.24, 2.45) is 0 Å². The summed E-state index contributed by atoms with van der Waals surface area (Å²) in [6.07, 6.45) is -3.30. The molecule has 0 aliphatic heterocycles. The highest BCUT2D eigenvalue weighted by Crippen LogP contribution is 2.24. The third kappa shape index (κ3) is 3.26. The summed E-state index contributed by atoms with van der Waals surface area (Å²) >= 11 is 0. The van der Waals surface area contributed by atoms with Gasteiger partial charge in [-0.1, -0.05) is 0 Å². The minimum atomic E-state index is -4.38. The maximum atomic E-state index is 11.9. The topological polar surface area (TPSA) is 44.2 Å². The molecule has 0 bridgehead atoms. The second-order valence-corrected chi connectivity index (χ2v) is 2.72. The second kappa shape index (κ2) is 4.33. The first kappa shape index (κ1) is 11.5. The van der Waals surface area contributed by atoms with E-state index in [4.69, 9.17) is 4.74 Å². The third-order valence-electron chi connectivity index (χ3n) is 1.56. The van der Waals surface area contributed by atoms with Gasteiger partial charge in [0.15, 0.2) is 6.61 Å². The summed E-state index contributed by atoms with van der Waals surface area (Å²) in [4.78, 5) is 7.28. The number of nitrogens with zero attached hydrogens (tertiary/aromatic N) is 2. The number of methoxy groups -OCH3 is 1. The first-order valence-corrected chi connectivity index (χ1v) is 3.99. The zero-order chi connectivity index (χ0) is 11.5. The smallest absolute Gasteiger partial charge is 0.422 e. The Morgan fingerprint density at radius 3 is 2.40 bits per heavy atom. The molecular formula is C8H9F3N2O2. The van der Waals surface area contributed by atoms with Gasteiger partial charge in [0.1, 0.15) is 6.33 Å². The van der Waals surface area contributed by atoms with Gasteiger partial charge in [0, 0.05) is 0 Å². The van der Waals surface area contributed by atoms with E-state index in [2.05, 4.69) is 14.7 Å². The SMILES string of the molecule is COc1ncnc(OCC(F)(F)F)c1C. The molecule has 1 aromatic heterocycles. The van der Waals surface area contributed by atoms with Crippen LogP contribution in [-0.2, 0) is 0 Å². The number of hydrogen-bond donors (Lipinski definition) is 0. The van der Waals surface area contributed by atoms with Gasteiger partial charge in [-0.2, -0.15) is 13.2 Å². The molecule has 0 aliphatic carbocycles. The Kier molecular flexibility index (Phi) is 3.33. The van der Waals surface area contributed by atoms with E-state index in [1.807, 2.05) is 0 Å². The van der Waals surface area contributed by atoms with Crippen molar-refractivity contribution in [1.82, 2.24) is 9.97 Å². The molecule has 0 amide bonds. The molecule has 0 unspecified atom stereocenters. The normalized spacial score (nSPS) is 11.3. The lowest BCUT2D eigenvalue weighted by Gasteiger charge is -2.11. The average molecular weight is 222 g/mol. The van der Waals surface area contributed by atoms with E-state index in [1.165, 1.54) is 14.0 Å². The van der Waals surface area contributed by atoms with Crippen molar-refractivity contribution in [2.45, 2.75) is 13.1 Å². The number of ether oxygens (including phenoxy) is 2. The molecule has 0 N–H and O–H groups in total. The Morgan fingerprint density at radius 2 is 1.87 bits per heavy atom. The lowest BCUT2D eigenvalue weighted by Crippen LogP contribution is -2.20. The van der Waals surface area contributed by atoms with Crippen LogP contribution in [0, 0.1) is 6.92 Å². The van der Waals surface area contributed by atoms with E-state index in [-0.39, 0.29) is 11.8 Å². The number of alkyl halides is 3. The Morgan fingerprint density at radius 1 is 1.27 bits per heavy atom.